The molecule has 3 aromatic rings. The van der Waals surface area contributed by atoms with Gasteiger partial charge in [0.25, 0.3) is 0 Å². The smallest absolute Gasteiger partial charge is 0.239 e. The van der Waals surface area contributed by atoms with Crippen LogP contribution in [-0.4, -0.2) is 29.5 Å². The molecule has 0 spiro atoms. The minimum absolute atomic E-state index is 0.147. The molecule has 0 bridgehead atoms. The molecule has 0 saturated carbocycles. The van der Waals surface area contributed by atoms with E-state index in [1.807, 2.05) is 12.1 Å². The summed E-state index contributed by atoms with van der Waals surface area (Å²) in [6.45, 7) is 0. The van der Waals surface area contributed by atoms with Crippen molar-refractivity contribution in [3.05, 3.63) is 42.3 Å². The molecule has 3 rings (SSSR count). The molecule has 6 nitrogen and oxygen atoms in total. The fraction of sp³-hybridized carbons (Fsp3) is 0. The number of aromatic amines is 1. The van der Waals surface area contributed by atoms with Crippen molar-refractivity contribution in [2.24, 2.45) is 0 Å². The second kappa shape index (κ2) is 3.99. The quantitative estimate of drug-likeness (QED) is 0.747. The predicted molar refractivity (Wildman–Crippen MR) is 61.7 cm³/mol. The van der Waals surface area contributed by atoms with E-state index >= 15 is 0 Å². The van der Waals surface area contributed by atoms with Gasteiger partial charge in [-0.2, -0.15) is 15.0 Å². The third-order valence-corrected chi connectivity index (χ3v) is 2.34. The highest BCUT2D eigenvalue weighted by Crippen LogP contribution is 2.15. The fourth-order valence-electron chi connectivity index (χ4n) is 1.42. The minimum Gasteiger partial charge on any atom is -0.359 e. The molecule has 0 radical (unpaired) electrons. The number of hydrogen-bond donors (Lipinski definition) is 1. The Morgan fingerprint density at radius 2 is 2.18 bits per heavy atom. The molecule has 0 aliphatic carbocycles. The van der Waals surface area contributed by atoms with Crippen LogP contribution in [0.1, 0.15) is 0 Å². The maximum absolute atomic E-state index is 5.87. The normalized spacial score (nSPS) is 10.6. The molecule has 7 heteroatoms. The summed E-state index contributed by atoms with van der Waals surface area (Å²) in [6, 6.07) is 3.73. The van der Waals surface area contributed by atoms with Crippen LogP contribution in [0.2, 0.25) is 5.28 Å². The number of halogens is 1. The first-order valence-corrected chi connectivity index (χ1v) is 5.24. The van der Waals surface area contributed by atoms with Crippen LogP contribution in [0, 0.1) is 0 Å². The van der Waals surface area contributed by atoms with Crippen molar-refractivity contribution in [1.82, 2.24) is 29.5 Å². The summed E-state index contributed by atoms with van der Waals surface area (Å²) in [5.74, 6) is 0.936. The standard InChI is InChI=1S/C10H7ClN6/c11-9-14-8(7-2-1-3-13-7)15-10(16-9)17-5-4-12-6-17/h1-6,13H. The van der Waals surface area contributed by atoms with E-state index in [4.69, 9.17) is 11.6 Å². The minimum atomic E-state index is 0.147. The van der Waals surface area contributed by atoms with Gasteiger partial charge < -0.3 is 4.98 Å². The number of imidazole rings is 1. The summed E-state index contributed by atoms with van der Waals surface area (Å²) in [5, 5.41) is 0.147. The summed E-state index contributed by atoms with van der Waals surface area (Å²) in [6.07, 6.45) is 6.78. The fourth-order valence-corrected chi connectivity index (χ4v) is 1.58. The van der Waals surface area contributed by atoms with Gasteiger partial charge in [0.05, 0.1) is 5.69 Å². The first kappa shape index (κ1) is 9.98. The lowest BCUT2D eigenvalue weighted by Crippen LogP contribution is -2.03. The third kappa shape index (κ3) is 1.90. The Morgan fingerprint density at radius 3 is 2.88 bits per heavy atom. The average molecular weight is 247 g/mol. The van der Waals surface area contributed by atoms with Gasteiger partial charge in [0.2, 0.25) is 11.2 Å². The molecule has 84 valence electrons. The SMILES string of the molecule is Clc1nc(-c2ccc[nH]2)nc(-n2ccnc2)n1. The zero-order valence-corrected chi connectivity index (χ0v) is 9.33. The van der Waals surface area contributed by atoms with Crippen LogP contribution in [0.4, 0.5) is 0 Å². The van der Waals surface area contributed by atoms with E-state index < -0.39 is 0 Å². The summed E-state index contributed by atoms with van der Waals surface area (Å²) in [7, 11) is 0. The lowest BCUT2D eigenvalue weighted by molar-refractivity contribution is 0.897. The van der Waals surface area contributed by atoms with Crippen LogP contribution in [0.3, 0.4) is 0 Å². The van der Waals surface area contributed by atoms with E-state index in [0.29, 0.717) is 11.8 Å². The van der Waals surface area contributed by atoms with Crippen molar-refractivity contribution in [2.45, 2.75) is 0 Å². The van der Waals surface area contributed by atoms with Crippen molar-refractivity contribution >= 4 is 11.6 Å². The van der Waals surface area contributed by atoms with Crippen LogP contribution in [0.5, 0.6) is 0 Å². The zero-order chi connectivity index (χ0) is 11.7. The Hall–Kier alpha value is -2.21. The van der Waals surface area contributed by atoms with Gasteiger partial charge in [-0.3, -0.25) is 4.57 Å². The number of aromatic nitrogens is 6. The molecule has 0 saturated heterocycles. The van der Waals surface area contributed by atoms with Gasteiger partial charge >= 0.3 is 0 Å². The second-order valence-electron chi connectivity index (χ2n) is 3.28. The van der Waals surface area contributed by atoms with Crippen LogP contribution < -0.4 is 0 Å². The molecule has 0 unspecified atom stereocenters. The molecule has 0 amide bonds. The molecular weight excluding hydrogens is 240 g/mol. The maximum Gasteiger partial charge on any atom is 0.239 e. The highest BCUT2D eigenvalue weighted by atomic mass is 35.5. The summed E-state index contributed by atoms with van der Waals surface area (Å²) < 4.78 is 1.67. The van der Waals surface area contributed by atoms with Gasteiger partial charge in [-0.25, -0.2) is 4.98 Å². The van der Waals surface area contributed by atoms with Crippen molar-refractivity contribution in [3.8, 4) is 17.5 Å². The number of nitrogens with zero attached hydrogens (tertiary/aromatic N) is 5. The molecule has 0 fully saturated rings. The first-order chi connectivity index (χ1) is 8.33. The van der Waals surface area contributed by atoms with Gasteiger partial charge in [0, 0.05) is 18.6 Å². The van der Waals surface area contributed by atoms with Crippen molar-refractivity contribution < 1.29 is 0 Å². The Morgan fingerprint density at radius 1 is 1.24 bits per heavy atom. The molecular formula is C10H7ClN6. The summed E-state index contributed by atoms with van der Waals surface area (Å²) >= 11 is 5.87. The molecule has 0 atom stereocenters. The Kier molecular flexibility index (Phi) is 2.34. The van der Waals surface area contributed by atoms with E-state index in [0.717, 1.165) is 5.69 Å². The third-order valence-electron chi connectivity index (χ3n) is 2.17. The first-order valence-electron chi connectivity index (χ1n) is 4.86. The molecule has 17 heavy (non-hydrogen) atoms. The van der Waals surface area contributed by atoms with E-state index in [9.17, 15) is 0 Å². The number of H-pyrrole nitrogens is 1. The van der Waals surface area contributed by atoms with Crippen LogP contribution in [0.15, 0.2) is 37.1 Å². The van der Waals surface area contributed by atoms with Crippen LogP contribution in [-0.2, 0) is 0 Å². The van der Waals surface area contributed by atoms with E-state index in [-0.39, 0.29) is 5.28 Å². The van der Waals surface area contributed by atoms with Crippen molar-refractivity contribution in [3.63, 3.8) is 0 Å². The Bertz CT molecular complexity index is 564. The lowest BCUT2D eigenvalue weighted by Gasteiger charge is -2.02. The van der Waals surface area contributed by atoms with Gasteiger partial charge in [0.15, 0.2) is 5.82 Å². The van der Waals surface area contributed by atoms with E-state index in [2.05, 4.69) is 24.9 Å². The monoisotopic (exact) mass is 246 g/mol. The highest BCUT2D eigenvalue weighted by molar-refractivity contribution is 6.28. The molecule has 0 aromatic carbocycles. The topological polar surface area (TPSA) is 72.3 Å². The summed E-state index contributed by atoms with van der Waals surface area (Å²) in [4.78, 5) is 19.4. The Labute approximate surface area is 101 Å². The maximum atomic E-state index is 5.87. The van der Waals surface area contributed by atoms with Crippen molar-refractivity contribution in [2.75, 3.05) is 0 Å². The van der Waals surface area contributed by atoms with Gasteiger partial charge in [-0.15, -0.1) is 0 Å². The molecule has 1 N–H and O–H groups in total. The van der Waals surface area contributed by atoms with Gasteiger partial charge in [-0.05, 0) is 23.7 Å². The number of nitrogens with one attached hydrogen (secondary N) is 1. The zero-order valence-electron chi connectivity index (χ0n) is 8.58. The van der Waals surface area contributed by atoms with Crippen LogP contribution in [0.25, 0.3) is 17.5 Å². The van der Waals surface area contributed by atoms with E-state index in [1.54, 1.807) is 29.5 Å². The molecule has 0 aliphatic heterocycles. The molecule has 3 heterocycles. The second-order valence-corrected chi connectivity index (χ2v) is 3.62. The van der Waals surface area contributed by atoms with E-state index in [1.165, 1.54) is 0 Å². The molecule has 3 aromatic heterocycles. The van der Waals surface area contributed by atoms with Crippen molar-refractivity contribution in [1.29, 1.82) is 0 Å². The van der Waals surface area contributed by atoms with Gasteiger partial charge in [-0.1, -0.05) is 0 Å². The average Bonchev–Trinajstić information content (AvgIpc) is 3.02. The number of rotatable bonds is 2. The van der Waals surface area contributed by atoms with Crippen LogP contribution >= 0.6 is 11.6 Å². The molecule has 0 aliphatic rings. The highest BCUT2D eigenvalue weighted by Gasteiger charge is 2.08. The number of hydrogen-bond acceptors (Lipinski definition) is 4. The lowest BCUT2D eigenvalue weighted by atomic mass is 10.4. The Balaban J connectivity index is 2.13. The van der Waals surface area contributed by atoms with Gasteiger partial charge in [0.1, 0.15) is 6.33 Å². The largest absolute Gasteiger partial charge is 0.359 e. The summed E-state index contributed by atoms with van der Waals surface area (Å²) in [5.41, 5.74) is 0.788. The predicted octanol–water partition coefficient (Wildman–Crippen LogP) is 1.71.